The summed E-state index contributed by atoms with van der Waals surface area (Å²) in [7, 11) is 1.73. The molecule has 1 aliphatic carbocycles. The molecule has 1 saturated carbocycles. The minimum Gasteiger partial charge on any atom is -0.497 e. The molecule has 0 unspecified atom stereocenters. The maximum absolute atomic E-state index is 5.31. The number of hydrogen-bond donors (Lipinski definition) is 1. The van der Waals surface area contributed by atoms with Gasteiger partial charge in [-0.3, -0.25) is 4.90 Å². The highest BCUT2D eigenvalue weighted by Gasteiger charge is 2.20. The van der Waals surface area contributed by atoms with E-state index in [2.05, 4.69) is 33.3 Å². The molecular weight excluding hydrogens is 262 g/mol. The molecular formula is C17H27N3O. The third kappa shape index (κ3) is 4.35. The lowest BCUT2D eigenvalue weighted by atomic mass is 10.2. The van der Waals surface area contributed by atoms with Crippen molar-refractivity contribution < 1.29 is 4.74 Å². The maximum atomic E-state index is 5.31. The molecule has 21 heavy (non-hydrogen) atoms. The number of rotatable bonds is 7. The second kappa shape index (κ2) is 7.14. The number of nitrogens with zero attached hydrogens (tertiary/aromatic N) is 2. The Hall–Kier alpha value is -1.26. The summed E-state index contributed by atoms with van der Waals surface area (Å²) in [6, 6.07) is 9.24. The molecule has 0 atom stereocenters. The molecule has 1 aromatic carbocycles. The van der Waals surface area contributed by atoms with Gasteiger partial charge in [0, 0.05) is 44.0 Å². The standard InChI is InChI=1S/C17H27N3O/c1-21-17-5-2-4-16(14-17)20-12-10-19(11-13-20)9-3-8-18-15-6-7-15/h2,4-5,14-15,18H,3,6-13H2,1H3. The average Bonchev–Trinajstić information content (AvgIpc) is 3.36. The van der Waals surface area contributed by atoms with Crippen LogP contribution in [0.1, 0.15) is 19.3 Å². The van der Waals surface area contributed by atoms with Crippen LogP contribution in [0.15, 0.2) is 24.3 Å². The number of piperazine rings is 1. The molecule has 1 heterocycles. The van der Waals surface area contributed by atoms with Crippen molar-refractivity contribution >= 4 is 5.69 Å². The van der Waals surface area contributed by atoms with E-state index in [9.17, 15) is 0 Å². The lowest BCUT2D eigenvalue weighted by Gasteiger charge is -2.36. The van der Waals surface area contributed by atoms with Crippen LogP contribution < -0.4 is 15.0 Å². The SMILES string of the molecule is COc1cccc(N2CCN(CCCNC3CC3)CC2)c1. The first kappa shape index (κ1) is 14.7. The quantitative estimate of drug-likeness (QED) is 0.777. The molecule has 2 fully saturated rings. The zero-order chi connectivity index (χ0) is 14.5. The van der Waals surface area contributed by atoms with Crippen molar-refractivity contribution in [1.29, 1.82) is 0 Å². The van der Waals surface area contributed by atoms with E-state index in [4.69, 9.17) is 4.74 Å². The summed E-state index contributed by atoms with van der Waals surface area (Å²) in [6.45, 7) is 6.97. The summed E-state index contributed by atoms with van der Waals surface area (Å²) in [6.07, 6.45) is 4.05. The molecule has 1 aliphatic heterocycles. The number of anilines is 1. The van der Waals surface area contributed by atoms with Crippen LogP contribution in [0.5, 0.6) is 5.75 Å². The van der Waals surface area contributed by atoms with Crippen LogP contribution in [-0.4, -0.2) is 57.3 Å². The van der Waals surface area contributed by atoms with Crippen molar-refractivity contribution in [3.05, 3.63) is 24.3 Å². The van der Waals surface area contributed by atoms with Gasteiger partial charge in [-0.05, 0) is 44.5 Å². The lowest BCUT2D eigenvalue weighted by Crippen LogP contribution is -2.47. The van der Waals surface area contributed by atoms with Crippen molar-refractivity contribution in [2.24, 2.45) is 0 Å². The molecule has 0 spiro atoms. The van der Waals surface area contributed by atoms with Gasteiger partial charge in [0.15, 0.2) is 0 Å². The first-order valence-electron chi connectivity index (χ1n) is 8.20. The Labute approximate surface area is 128 Å². The topological polar surface area (TPSA) is 27.7 Å². The van der Waals surface area contributed by atoms with Crippen molar-refractivity contribution in [1.82, 2.24) is 10.2 Å². The van der Waals surface area contributed by atoms with Crippen molar-refractivity contribution in [2.75, 3.05) is 51.3 Å². The predicted octanol–water partition coefficient (Wildman–Crippen LogP) is 1.96. The molecule has 0 aromatic heterocycles. The van der Waals surface area contributed by atoms with Crippen molar-refractivity contribution in [3.8, 4) is 5.75 Å². The summed E-state index contributed by atoms with van der Waals surface area (Å²) >= 11 is 0. The van der Waals surface area contributed by atoms with Crippen LogP contribution in [0, 0.1) is 0 Å². The molecule has 0 amide bonds. The number of ether oxygens (including phenoxy) is 1. The minimum atomic E-state index is 0.843. The summed E-state index contributed by atoms with van der Waals surface area (Å²) in [4.78, 5) is 5.05. The zero-order valence-corrected chi connectivity index (χ0v) is 13.1. The van der Waals surface area contributed by atoms with E-state index in [1.54, 1.807) is 7.11 Å². The summed E-state index contributed by atoms with van der Waals surface area (Å²) in [5.41, 5.74) is 1.28. The van der Waals surface area contributed by atoms with E-state index < -0.39 is 0 Å². The Bertz CT molecular complexity index is 439. The second-order valence-corrected chi connectivity index (χ2v) is 6.11. The Morgan fingerprint density at radius 2 is 2.00 bits per heavy atom. The Kier molecular flexibility index (Phi) is 4.99. The Morgan fingerprint density at radius 1 is 1.19 bits per heavy atom. The van der Waals surface area contributed by atoms with Gasteiger partial charge in [-0.1, -0.05) is 6.07 Å². The fourth-order valence-electron chi connectivity index (χ4n) is 2.93. The number of benzene rings is 1. The predicted molar refractivity (Wildman–Crippen MR) is 87.3 cm³/mol. The maximum Gasteiger partial charge on any atom is 0.120 e. The van der Waals surface area contributed by atoms with Crippen molar-refractivity contribution in [3.63, 3.8) is 0 Å². The highest BCUT2D eigenvalue weighted by atomic mass is 16.5. The monoisotopic (exact) mass is 289 g/mol. The summed E-state index contributed by atoms with van der Waals surface area (Å²) < 4.78 is 5.31. The van der Waals surface area contributed by atoms with Gasteiger partial charge >= 0.3 is 0 Å². The van der Waals surface area contributed by atoms with Gasteiger partial charge in [0.05, 0.1) is 7.11 Å². The molecule has 1 aromatic rings. The third-order valence-electron chi connectivity index (χ3n) is 4.45. The normalized spacial score (nSPS) is 19.8. The number of methoxy groups -OCH3 is 1. The zero-order valence-electron chi connectivity index (χ0n) is 13.1. The highest BCUT2D eigenvalue weighted by molar-refractivity contribution is 5.51. The minimum absolute atomic E-state index is 0.843. The Balaban J connectivity index is 1.39. The van der Waals surface area contributed by atoms with Crippen LogP contribution in [0.25, 0.3) is 0 Å². The van der Waals surface area contributed by atoms with Gasteiger partial charge in [0.2, 0.25) is 0 Å². The molecule has 2 aliphatic rings. The third-order valence-corrected chi connectivity index (χ3v) is 4.45. The van der Waals surface area contributed by atoms with E-state index in [0.717, 1.165) is 24.9 Å². The fourth-order valence-corrected chi connectivity index (χ4v) is 2.93. The molecule has 3 rings (SSSR count). The molecule has 4 nitrogen and oxygen atoms in total. The van der Waals surface area contributed by atoms with Crippen LogP contribution in [0.4, 0.5) is 5.69 Å². The summed E-state index contributed by atoms with van der Waals surface area (Å²) in [5.74, 6) is 0.945. The van der Waals surface area contributed by atoms with Gasteiger partial charge < -0.3 is 15.0 Å². The first-order chi connectivity index (χ1) is 10.3. The highest BCUT2D eigenvalue weighted by Crippen LogP contribution is 2.22. The van der Waals surface area contributed by atoms with E-state index in [1.807, 2.05) is 6.07 Å². The van der Waals surface area contributed by atoms with E-state index in [0.29, 0.717) is 0 Å². The second-order valence-electron chi connectivity index (χ2n) is 6.11. The van der Waals surface area contributed by atoms with Crippen LogP contribution in [-0.2, 0) is 0 Å². The van der Waals surface area contributed by atoms with Gasteiger partial charge in [-0.2, -0.15) is 0 Å². The lowest BCUT2D eigenvalue weighted by molar-refractivity contribution is 0.254. The number of hydrogen-bond acceptors (Lipinski definition) is 4. The molecule has 0 bridgehead atoms. The van der Waals surface area contributed by atoms with Gasteiger partial charge in [-0.15, -0.1) is 0 Å². The summed E-state index contributed by atoms with van der Waals surface area (Å²) in [5, 5.41) is 3.59. The first-order valence-corrected chi connectivity index (χ1v) is 8.20. The fraction of sp³-hybridized carbons (Fsp3) is 0.647. The van der Waals surface area contributed by atoms with Gasteiger partial charge in [0.25, 0.3) is 0 Å². The molecule has 1 N–H and O–H groups in total. The van der Waals surface area contributed by atoms with Crippen LogP contribution >= 0.6 is 0 Å². The molecule has 0 radical (unpaired) electrons. The van der Waals surface area contributed by atoms with Gasteiger partial charge in [-0.25, -0.2) is 0 Å². The van der Waals surface area contributed by atoms with Crippen LogP contribution in [0.3, 0.4) is 0 Å². The average molecular weight is 289 g/mol. The molecule has 116 valence electrons. The molecule has 4 heteroatoms. The van der Waals surface area contributed by atoms with E-state index in [1.165, 1.54) is 51.1 Å². The molecule has 1 saturated heterocycles. The van der Waals surface area contributed by atoms with E-state index >= 15 is 0 Å². The van der Waals surface area contributed by atoms with Crippen molar-refractivity contribution in [2.45, 2.75) is 25.3 Å². The van der Waals surface area contributed by atoms with Crippen LogP contribution in [0.2, 0.25) is 0 Å². The van der Waals surface area contributed by atoms with E-state index in [-0.39, 0.29) is 0 Å². The largest absolute Gasteiger partial charge is 0.497 e. The Morgan fingerprint density at radius 3 is 2.71 bits per heavy atom. The smallest absolute Gasteiger partial charge is 0.120 e. The van der Waals surface area contributed by atoms with Gasteiger partial charge in [0.1, 0.15) is 5.75 Å². The number of nitrogens with one attached hydrogen (secondary N) is 1.